The molecule has 4 nitrogen and oxygen atoms in total. The van der Waals surface area contributed by atoms with Crippen LogP contribution in [0.5, 0.6) is 0 Å². The van der Waals surface area contributed by atoms with Gasteiger partial charge in [0.1, 0.15) is 0 Å². The van der Waals surface area contributed by atoms with Crippen molar-refractivity contribution in [3.05, 3.63) is 28.8 Å². The summed E-state index contributed by atoms with van der Waals surface area (Å²) in [7, 11) is -3.42. The zero-order valence-corrected chi connectivity index (χ0v) is 15.1. The first-order valence-corrected chi connectivity index (χ1v) is 10.2. The summed E-state index contributed by atoms with van der Waals surface area (Å²) in [5.74, 6) is -0.463. The van der Waals surface area contributed by atoms with Crippen LogP contribution in [0.2, 0.25) is 5.02 Å². The van der Waals surface area contributed by atoms with Crippen molar-refractivity contribution in [2.75, 3.05) is 6.26 Å². The van der Waals surface area contributed by atoms with Crippen molar-refractivity contribution in [2.24, 2.45) is 5.92 Å². The normalized spacial score (nSPS) is 18.7. The average Bonchev–Trinajstić information content (AvgIpc) is 2.95. The highest BCUT2D eigenvalue weighted by Gasteiger charge is 2.41. The lowest BCUT2D eigenvalue weighted by Crippen LogP contribution is -2.37. The number of aliphatic carboxylic acids is 1. The number of hydrogen-bond acceptors (Lipinski definition) is 3. The van der Waals surface area contributed by atoms with E-state index in [9.17, 15) is 18.3 Å². The maximum Gasteiger partial charge on any atom is 0.314 e. The molecule has 0 aromatic heterocycles. The van der Waals surface area contributed by atoms with Gasteiger partial charge < -0.3 is 5.11 Å². The maximum absolute atomic E-state index is 12.1. The molecule has 1 aliphatic carbocycles. The van der Waals surface area contributed by atoms with Crippen molar-refractivity contribution in [1.82, 2.24) is 0 Å². The molecule has 0 spiro atoms. The van der Waals surface area contributed by atoms with Crippen LogP contribution in [0, 0.1) is 5.92 Å². The van der Waals surface area contributed by atoms with Crippen LogP contribution >= 0.6 is 11.6 Å². The SMILES string of the molecule is CCC(CC1CCCC1)(C(=O)O)c1ccc(S(C)(=O)=O)c(Cl)c1. The van der Waals surface area contributed by atoms with Gasteiger partial charge in [0.25, 0.3) is 0 Å². The second-order valence-electron chi connectivity index (χ2n) is 6.51. The summed E-state index contributed by atoms with van der Waals surface area (Å²) in [5.41, 5.74) is -0.411. The predicted molar refractivity (Wildman–Crippen MR) is 90.7 cm³/mol. The highest BCUT2D eigenvalue weighted by atomic mass is 35.5. The Labute approximate surface area is 142 Å². The fraction of sp³-hybridized carbons (Fsp3) is 0.588. The number of carbonyl (C=O) groups is 1. The van der Waals surface area contributed by atoms with Gasteiger partial charge >= 0.3 is 5.97 Å². The highest BCUT2D eigenvalue weighted by Crippen LogP contribution is 2.42. The number of rotatable bonds is 6. The van der Waals surface area contributed by atoms with E-state index < -0.39 is 21.2 Å². The van der Waals surface area contributed by atoms with Crippen LogP contribution in [0.3, 0.4) is 0 Å². The fourth-order valence-electron chi connectivity index (χ4n) is 3.63. The van der Waals surface area contributed by atoms with Crippen LogP contribution in [0.1, 0.15) is 51.0 Å². The summed E-state index contributed by atoms with van der Waals surface area (Å²) in [6, 6.07) is 4.55. The molecule has 0 aliphatic heterocycles. The molecular weight excluding hydrogens is 336 g/mol. The first-order valence-electron chi connectivity index (χ1n) is 7.94. The molecule has 1 aliphatic rings. The molecule has 0 bridgehead atoms. The third-order valence-electron chi connectivity index (χ3n) is 5.01. The van der Waals surface area contributed by atoms with Gasteiger partial charge in [0.15, 0.2) is 9.84 Å². The summed E-state index contributed by atoms with van der Waals surface area (Å²) >= 11 is 6.13. The molecule has 1 saturated carbocycles. The van der Waals surface area contributed by atoms with Gasteiger partial charge in [-0.2, -0.15) is 0 Å². The van der Waals surface area contributed by atoms with Gasteiger partial charge in [-0.3, -0.25) is 4.79 Å². The molecule has 0 amide bonds. The molecule has 1 aromatic rings. The van der Waals surface area contributed by atoms with Crippen LogP contribution in [0.4, 0.5) is 0 Å². The molecule has 0 saturated heterocycles. The molecule has 6 heteroatoms. The second kappa shape index (κ2) is 6.81. The number of carboxylic acids is 1. The van der Waals surface area contributed by atoms with E-state index in [0.717, 1.165) is 31.9 Å². The minimum atomic E-state index is -3.42. The molecule has 128 valence electrons. The zero-order valence-electron chi connectivity index (χ0n) is 13.5. The topological polar surface area (TPSA) is 71.4 Å². The van der Waals surface area contributed by atoms with Gasteiger partial charge in [-0.25, -0.2) is 8.42 Å². The lowest BCUT2D eigenvalue weighted by Gasteiger charge is -2.32. The Morgan fingerprint density at radius 2 is 1.96 bits per heavy atom. The molecule has 1 N–H and O–H groups in total. The Kier molecular flexibility index (Phi) is 5.41. The Balaban J connectivity index is 2.47. The third kappa shape index (κ3) is 3.72. The summed E-state index contributed by atoms with van der Waals surface area (Å²) in [4.78, 5) is 12.1. The van der Waals surface area contributed by atoms with Crippen LogP contribution in [0.25, 0.3) is 0 Å². The standard InChI is InChI=1S/C17H23ClO4S/c1-3-17(16(19)20,11-12-6-4-5-7-12)13-8-9-15(14(18)10-13)23(2,21)22/h8-10,12H,3-7,11H2,1-2H3,(H,19,20). The highest BCUT2D eigenvalue weighted by molar-refractivity contribution is 7.90. The van der Waals surface area contributed by atoms with Gasteiger partial charge in [0.2, 0.25) is 0 Å². The molecule has 0 heterocycles. The van der Waals surface area contributed by atoms with E-state index in [1.54, 1.807) is 6.07 Å². The van der Waals surface area contributed by atoms with Gasteiger partial charge in [-0.15, -0.1) is 0 Å². The number of halogens is 1. The Bertz CT molecular complexity index is 693. The molecule has 1 aromatic carbocycles. The quantitative estimate of drug-likeness (QED) is 0.832. The van der Waals surface area contributed by atoms with E-state index in [1.165, 1.54) is 12.1 Å². The first kappa shape index (κ1) is 18.3. The molecular formula is C17H23ClO4S. The van der Waals surface area contributed by atoms with E-state index in [4.69, 9.17) is 11.6 Å². The maximum atomic E-state index is 12.1. The summed E-state index contributed by atoms with van der Waals surface area (Å²) in [6.07, 6.45) is 6.54. The van der Waals surface area contributed by atoms with E-state index >= 15 is 0 Å². The van der Waals surface area contributed by atoms with Gasteiger partial charge in [0, 0.05) is 6.26 Å². The van der Waals surface area contributed by atoms with Gasteiger partial charge in [-0.1, -0.05) is 50.3 Å². The zero-order chi connectivity index (χ0) is 17.3. The number of sulfone groups is 1. The molecule has 1 fully saturated rings. The predicted octanol–water partition coefficient (Wildman–Crippen LogP) is 4.06. The molecule has 1 unspecified atom stereocenters. The molecule has 1 atom stereocenters. The molecule has 23 heavy (non-hydrogen) atoms. The smallest absolute Gasteiger partial charge is 0.314 e. The number of benzene rings is 1. The first-order chi connectivity index (χ1) is 10.7. The van der Waals surface area contributed by atoms with Crippen molar-refractivity contribution < 1.29 is 18.3 Å². The van der Waals surface area contributed by atoms with Crippen LogP contribution in [0.15, 0.2) is 23.1 Å². The van der Waals surface area contributed by atoms with E-state index in [-0.39, 0.29) is 9.92 Å². The Hall–Kier alpha value is -1.07. The van der Waals surface area contributed by atoms with E-state index in [1.807, 2.05) is 6.92 Å². The van der Waals surface area contributed by atoms with Crippen molar-refractivity contribution in [3.63, 3.8) is 0 Å². The van der Waals surface area contributed by atoms with Gasteiger partial charge in [0.05, 0.1) is 15.3 Å². The Morgan fingerprint density at radius 3 is 2.39 bits per heavy atom. The largest absolute Gasteiger partial charge is 0.481 e. The monoisotopic (exact) mass is 358 g/mol. The van der Waals surface area contributed by atoms with Crippen LogP contribution in [-0.2, 0) is 20.0 Å². The lowest BCUT2D eigenvalue weighted by atomic mass is 9.71. The minimum absolute atomic E-state index is 0.0409. The van der Waals surface area contributed by atoms with Crippen molar-refractivity contribution in [2.45, 2.75) is 55.8 Å². The van der Waals surface area contributed by atoms with Crippen LogP contribution < -0.4 is 0 Å². The van der Waals surface area contributed by atoms with Crippen LogP contribution in [-0.4, -0.2) is 25.7 Å². The fourth-order valence-corrected chi connectivity index (χ4v) is 4.96. The summed E-state index contributed by atoms with van der Waals surface area (Å²) in [5, 5.41) is 9.99. The summed E-state index contributed by atoms with van der Waals surface area (Å²) in [6.45, 7) is 1.86. The summed E-state index contributed by atoms with van der Waals surface area (Å²) < 4.78 is 23.4. The van der Waals surface area contributed by atoms with Crippen molar-refractivity contribution >= 4 is 27.4 Å². The van der Waals surface area contributed by atoms with Crippen molar-refractivity contribution in [1.29, 1.82) is 0 Å². The van der Waals surface area contributed by atoms with E-state index in [2.05, 4.69) is 0 Å². The molecule has 2 rings (SSSR count). The number of hydrogen-bond donors (Lipinski definition) is 1. The van der Waals surface area contributed by atoms with Crippen molar-refractivity contribution in [3.8, 4) is 0 Å². The lowest BCUT2D eigenvalue weighted by molar-refractivity contribution is -0.144. The number of carboxylic acid groups (broad SMARTS) is 1. The van der Waals surface area contributed by atoms with Gasteiger partial charge in [-0.05, 0) is 36.5 Å². The molecule has 0 radical (unpaired) electrons. The minimum Gasteiger partial charge on any atom is -0.481 e. The Morgan fingerprint density at radius 1 is 1.35 bits per heavy atom. The third-order valence-corrected chi connectivity index (χ3v) is 6.59. The average molecular weight is 359 g/mol. The second-order valence-corrected chi connectivity index (χ2v) is 8.90. The van der Waals surface area contributed by atoms with E-state index in [0.29, 0.717) is 24.3 Å².